The summed E-state index contributed by atoms with van der Waals surface area (Å²) in [5.41, 5.74) is 1.24. The van der Waals surface area contributed by atoms with Gasteiger partial charge in [-0.15, -0.1) is 5.10 Å². The highest BCUT2D eigenvalue weighted by Gasteiger charge is 1.97. The predicted molar refractivity (Wildman–Crippen MR) is 63.1 cm³/mol. The molecule has 0 saturated carbocycles. The molecule has 0 aliphatic carbocycles. The summed E-state index contributed by atoms with van der Waals surface area (Å²) in [5, 5.41) is 10.3. The second-order valence-electron chi connectivity index (χ2n) is 3.78. The fourth-order valence-corrected chi connectivity index (χ4v) is 1.84. The van der Waals surface area contributed by atoms with E-state index in [1.807, 2.05) is 10.9 Å². The Hall–Kier alpha value is -2.16. The van der Waals surface area contributed by atoms with Crippen LogP contribution in [0.5, 0.6) is 0 Å². The van der Waals surface area contributed by atoms with Crippen molar-refractivity contribution in [2.45, 2.75) is 6.54 Å². The fourth-order valence-electron chi connectivity index (χ4n) is 1.84. The van der Waals surface area contributed by atoms with Gasteiger partial charge in [0, 0.05) is 6.20 Å². The van der Waals surface area contributed by atoms with Gasteiger partial charge in [0.2, 0.25) is 0 Å². The Labute approximate surface area is 93.3 Å². The maximum Gasteiger partial charge on any atom is 0.0693 e. The highest BCUT2D eigenvalue weighted by atomic mass is 15.4. The van der Waals surface area contributed by atoms with E-state index in [0.717, 1.165) is 6.54 Å². The summed E-state index contributed by atoms with van der Waals surface area (Å²) in [6, 6.07) is 14.8. The Bertz CT molecular complexity index is 599. The maximum absolute atomic E-state index is 3.96. The average molecular weight is 209 g/mol. The molecule has 0 N–H and O–H groups in total. The third-order valence-electron chi connectivity index (χ3n) is 2.63. The van der Waals surface area contributed by atoms with E-state index in [9.17, 15) is 0 Å². The van der Waals surface area contributed by atoms with E-state index in [0.29, 0.717) is 0 Å². The maximum atomic E-state index is 3.96. The van der Waals surface area contributed by atoms with Crippen LogP contribution in [-0.2, 0) is 6.54 Å². The lowest BCUT2D eigenvalue weighted by atomic mass is 10.1. The van der Waals surface area contributed by atoms with Gasteiger partial charge in [0.05, 0.1) is 12.7 Å². The van der Waals surface area contributed by atoms with Gasteiger partial charge in [-0.05, 0) is 22.4 Å². The Kier molecular flexibility index (Phi) is 2.14. The molecule has 0 unspecified atom stereocenters. The smallest absolute Gasteiger partial charge is 0.0693 e. The van der Waals surface area contributed by atoms with Crippen LogP contribution in [0.4, 0.5) is 0 Å². The first-order valence-electron chi connectivity index (χ1n) is 5.23. The minimum absolute atomic E-state index is 0.769. The molecule has 0 bridgehead atoms. The first kappa shape index (κ1) is 9.09. The molecule has 1 heterocycles. The Balaban J connectivity index is 1.99. The van der Waals surface area contributed by atoms with Crippen LogP contribution < -0.4 is 0 Å². The van der Waals surface area contributed by atoms with Crippen molar-refractivity contribution in [1.29, 1.82) is 0 Å². The Morgan fingerprint density at radius 1 is 1.00 bits per heavy atom. The molecule has 0 atom stereocenters. The molecule has 78 valence electrons. The third-order valence-corrected chi connectivity index (χ3v) is 2.63. The van der Waals surface area contributed by atoms with Gasteiger partial charge in [-0.2, -0.15) is 0 Å². The molecule has 0 aliphatic heterocycles. The third kappa shape index (κ3) is 1.67. The number of aromatic nitrogens is 3. The van der Waals surface area contributed by atoms with Crippen molar-refractivity contribution in [1.82, 2.24) is 15.0 Å². The molecule has 0 saturated heterocycles. The van der Waals surface area contributed by atoms with Crippen molar-refractivity contribution >= 4 is 10.8 Å². The van der Waals surface area contributed by atoms with Gasteiger partial charge >= 0.3 is 0 Å². The first-order valence-corrected chi connectivity index (χ1v) is 5.23. The average Bonchev–Trinajstić information content (AvgIpc) is 2.82. The monoisotopic (exact) mass is 209 g/mol. The van der Waals surface area contributed by atoms with Gasteiger partial charge in [-0.3, -0.25) is 0 Å². The van der Waals surface area contributed by atoms with Crippen LogP contribution in [0, 0.1) is 0 Å². The Morgan fingerprint density at radius 3 is 2.69 bits per heavy atom. The van der Waals surface area contributed by atoms with Gasteiger partial charge < -0.3 is 0 Å². The summed E-state index contributed by atoms with van der Waals surface area (Å²) in [4.78, 5) is 0. The summed E-state index contributed by atoms with van der Waals surface area (Å²) in [5.74, 6) is 0. The van der Waals surface area contributed by atoms with Crippen molar-refractivity contribution in [2.75, 3.05) is 0 Å². The lowest BCUT2D eigenvalue weighted by molar-refractivity contribution is 0.650. The van der Waals surface area contributed by atoms with Crippen LogP contribution in [0.25, 0.3) is 10.8 Å². The lowest BCUT2D eigenvalue weighted by Crippen LogP contribution is -2.00. The predicted octanol–water partition coefficient (Wildman–Crippen LogP) is 2.48. The highest BCUT2D eigenvalue weighted by Crippen LogP contribution is 2.15. The van der Waals surface area contributed by atoms with Gasteiger partial charge in [0.25, 0.3) is 0 Å². The number of benzene rings is 2. The van der Waals surface area contributed by atoms with Crippen molar-refractivity contribution < 1.29 is 0 Å². The minimum atomic E-state index is 0.769. The number of rotatable bonds is 2. The van der Waals surface area contributed by atoms with E-state index < -0.39 is 0 Å². The molecule has 2 aromatic carbocycles. The molecule has 0 radical (unpaired) electrons. The van der Waals surface area contributed by atoms with Crippen molar-refractivity contribution in [3.63, 3.8) is 0 Å². The SMILES string of the molecule is c1ccc2cc(Cn3ccnn3)ccc2c1. The van der Waals surface area contributed by atoms with Crippen molar-refractivity contribution in [3.8, 4) is 0 Å². The van der Waals surface area contributed by atoms with Gasteiger partial charge in [-0.25, -0.2) is 4.68 Å². The quantitative estimate of drug-likeness (QED) is 0.649. The van der Waals surface area contributed by atoms with E-state index in [2.05, 4.69) is 52.8 Å². The fraction of sp³-hybridized carbons (Fsp3) is 0.0769. The summed E-state index contributed by atoms with van der Waals surface area (Å²) in [6.45, 7) is 0.769. The highest BCUT2D eigenvalue weighted by molar-refractivity contribution is 5.82. The molecule has 1 aromatic heterocycles. The van der Waals surface area contributed by atoms with Crippen LogP contribution in [0.3, 0.4) is 0 Å². The zero-order valence-corrected chi connectivity index (χ0v) is 8.74. The molecule has 0 amide bonds. The van der Waals surface area contributed by atoms with E-state index in [1.54, 1.807) is 6.20 Å². The van der Waals surface area contributed by atoms with Crippen LogP contribution in [0.1, 0.15) is 5.56 Å². The van der Waals surface area contributed by atoms with E-state index in [4.69, 9.17) is 0 Å². The van der Waals surface area contributed by atoms with E-state index in [1.165, 1.54) is 16.3 Å². The van der Waals surface area contributed by atoms with E-state index in [-0.39, 0.29) is 0 Å². The lowest BCUT2D eigenvalue weighted by Gasteiger charge is -2.03. The summed E-state index contributed by atoms with van der Waals surface area (Å²) in [6.07, 6.45) is 3.57. The topological polar surface area (TPSA) is 30.7 Å². The van der Waals surface area contributed by atoms with Gasteiger partial charge in [0.1, 0.15) is 0 Å². The molecule has 3 nitrogen and oxygen atoms in total. The molecule has 0 fully saturated rings. The largest absolute Gasteiger partial charge is 0.248 e. The molecule has 3 rings (SSSR count). The van der Waals surface area contributed by atoms with Crippen molar-refractivity contribution in [2.24, 2.45) is 0 Å². The molecular formula is C13H11N3. The minimum Gasteiger partial charge on any atom is -0.248 e. The van der Waals surface area contributed by atoms with E-state index >= 15 is 0 Å². The van der Waals surface area contributed by atoms with Crippen molar-refractivity contribution in [3.05, 3.63) is 60.4 Å². The number of fused-ring (bicyclic) bond motifs is 1. The summed E-state index contributed by atoms with van der Waals surface area (Å²) < 4.78 is 1.82. The molecular weight excluding hydrogens is 198 g/mol. The van der Waals surface area contributed by atoms with Crippen LogP contribution in [0.15, 0.2) is 54.9 Å². The molecule has 3 aromatic rings. The van der Waals surface area contributed by atoms with Gasteiger partial charge in [-0.1, -0.05) is 41.6 Å². The summed E-state index contributed by atoms with van der Waals surface area (Å²) >= 11 is 0. The second-order valence-corrected chi connectivity index (χ2v) is 3.78. The van der Waals surface area contributed by atoms with Crippen LogP contribution >= 0.6 is 0 Å². The number of hydrogen-bond acceptors (Lipinski definition) is 2. The zero-order valence-electron chi connectivity index (χ0n) is 8.74. The normalized spacial score (nSPS) is 10.8. The molecule has 16 heavy (non-hydrogen) atoms. The number of nitrogens with zero attached hydrogens (tertiary/aromatic N) is 3. The van der Waals surface area contributed by atoms with Crippen LogP contribution in [0.2, 0.25) is 0 Å². The zero-order chi connectivity index (χ0) is 10.8. The summed E-state index contributed by atoms with van der Waals surface area (Å²) in [7, 11) is 0. The molecule has 0 spiro atoms. The first-order chi connectivity index (χ1) is 7.92. The second kappa shape index (κ2) is 3.77. The van der Waals surface area contributed by atoms with Gasteiger partial charge in [0.15, 0.2) is 0 Å². The number of hydrogen-bond donors (Lipinski definition) is 0. The van der Waals surface area contributed by atoms with Crippen LogP contribution in [-0.4, -0.2) is 15.0 Å². The molecule has 0 aliphatic rings. The standard InChI is InChI=1S/C13H11N3/c1-2-4-13-9-11(5-6-12(13)3-1)10-16-8-7-14-15-16/h1-9H,10H2. The molecule has 3 heteroatoms. The Morgan fingerprint density at radius 2 is 1.88 bits per heavy atom.